The summed E-state index contributed by atoms with van der Waals surface area (Å²) in [5.74, 6) is 0. The molecule has 0 radical (unpaired) electrons. The van der Waals surface area contributed by atoms with Crippen molar-refractivity contribution in [3.05, 3.63) is 224 Å². The zero-order chi connectivity index (χ0) is 38.4. The standard InChI is InChI=1S/C56H37NO/c1-2-8-38(9-3-1)40-20-28-48(29-21-40)57(50-32-24-43(25-33-50)46-27-35-56-54(37-46)53-12-6-7-13-55(53)58-56)49-30-22-41(23-31-49)39-14-16-42(17-15-39)45-26-34-52-47(36-45)19-18-44-10-4-5-11-51(44)52/h1-37H. The first-order valence-electron chi connectivity index (χ1n) is 19.8. The summed E-state index contributed by atoms with van der Waals surface area (Å²) in [7, 11) is 0. The van der Waals surface area contributed by atoms with Gasteiger partial charge in [-0.05, 0) is 127 Å². The van der Waals surface area contributed by atoms with E-state index in [-0.39, 0.29) is 0 Å². The van der Waals surface area contributed by atoms with Crippen LogP contribution in [0.5, 0.6) is 0 Å². The van der Waals surface area contributed by atoms with Gasteiger partial charge in [0.15, 0.2) is 0 Å². The van der Waals surface area contributed by atoms with Crippen LogP contribution in [0, 0.1) is 0 Å². The van der Waals surface area contributed by atoms with Gasteiger partial charge in [-0.15, -0.1) is 0 Å². The molecule has 10 aromatic carbocycles. The molecule has 0 fully saturated rings. The predicted molar refractivity (Wildman–Crippen MR) is 245 cm³/mol. The molecule has 0 saturated carbocycles. The molecule has 2 nitrogen and oxygen atoms in total. The number of anilines is 3. The van der Waals surface area contributed by atoms with Gasteiger partial charge < -0.3 is 9.32 Å². The molecule has 0 saturated heterocycles. The fourth-order valence-electron chi connectivity index (χ4n) is 8.44. The molecular weight excluding hydrogens is 703 g/mol. The fraction of sp³-hybridized carbons (Fsp3) is 0. The second-order valence-corrected chi connectivity index (χ2v) is 15.0. The van der Waals surface area contributed by atoms with Crippen LogP contribution >= 0.6 is 0 Å². The van der Waals surface area contributed by atoms with Crippen LogP contribution in [-0.2, 0) is 0 Å². The third kappa shape index (κ3) is 6.09. The van der Waals surface area contributed by atoms with Gasteiger partial charge in [-0.2, -0.15) is 0 Å². The minimum atomic E-state index is 0.907. The summed E-state index contributed by atoms with van der Waals surface area (Å²) in [5, 5.41) is 7.39. The van der Waals surface area contributed by atoms with Crippen LogP contribution < -0.4 is 4.90 Å². The van der Waals surface area contributed by atoms with Crippen molar-refractivity contribution in [3.63, 3.8) is 0 Å². The molecule has 11 aromatic rings. The van der Waals surface area contributed by atoms with Gasteiger partial charge in [-0.25, -0.2) is 0 Å². The summed E-state index contributed by atoms with van der Waals surface area (Å²) in [6.07, 6.45) is 0. The molecular formula is C56H37NO. The molecule has 0 aliphatic rings. The minimum Gasteiger partial charge on any atom is -0.456 e. The fourth-order valence-corrected chi connectivity index (χ4v) is 8.44. The number of nitrogens with zero attached hydrogens (tertiary/aromatic N) is 1. The van der Waals surface area contributed by atoms with E-state index in [0.29, 0.717) is 0 Å². The predicted octanol–water partition coefficient (Wildman–Crippen LogP) is 16.0. The van der Waals surface area contributed by atoms with Crippen LogP contribution in [0.4, 0.5) is 17.1 Å². The van der Waals surface area contributed by atoms with Gasteiger partial charge in [0.1, 0.15) is 11.2 Å². The Hall–Kier alpha value is -7.68. The molecule has 0 aliphatic heterocycles. The highest BCUT2D eigenvalue weighted by Gasteiger charge is 2.15. The van der Waals surface area contributed by atoms with Gasteiger partial charge in [-0.3, -0.25) is 0 Å². The van der Waals surface area contributed by atoms with Gasteiger partial charge in [-0.1, -0.05) is 164 Å². The molecule has 0 atom stereocenters. The summed E-state index contributed by atoms with van der Waals surface area (Å²) in [4.78, 5) is 2.33. The van der Waals surface area contributed by atoms with Crippen LogP contribution in [0.25, 0.3) is 88.0 Å². The van der Waals surface area contributed by atoms with Crippen LogP contribution in [-0.4, -0.2) is 0 Å². The smallest absolute Gasteiger partial charge is 0.135 e. The largest absolute Gasteiger partial charge is 0.456 e. The number of hydrogen-bond donors (Lipinski definition) is 0. The highest BCUT2D eigenvalue weighted by molar-refractivity contribution is 6.08. The summed E-state index contributed by atoms with van der Waals surface area (Å²) in [6, 6.07) is 80.7. The Bertz CT molecular complexity index is 3230. The van der Waals surface area contributed by atoms with E-state index in [9.17, 15) is 0 Å². The zero-order valence-corrected chi connectivity index (χ0v) is 31.7. The second-order valence-electron chi connectivity index (χ2n) is 15.0. The molecule has 1 heterocycles. The molecule has 0 unspecified atom stereocenters. The Kier molecular flexibility index (Phi) is 8.19. The molecule has 2 heteroatoms. The summed E-state index contributed by atoms with van der Waals surface area (Å²) < 4.78 is 6.11. The zero-order valence-electron chi connectivity index (χ0n) is 31.7. The number of rotatable bonds is 7. The van der Waals surface area contributed by atoms with Crippen molar-refractivity contribution >= 4 is 60.5 Å². The second kappa shape index (κ2) is 14.1. The molecule has 0 bridgehead atoms. The van der Waals surface area contributed by atoms with Crippen molar-refractivity contribution in [3.8, 4) is 44.5 Å². The molecule has 0 spiro atoms. The maximum absolute atomic E-state index is 6.11. The molecule has 58 heavy (non-hydrogen) atoms. The Morgan fingerprint density at radius 3 is 1.29 bits per heavy atom. The first-order valence-corrected chi connectivity index (χ1v) is 19.8. The molecule has 0 aliphatic carbocycles. The van der Waals surface area contributed by atoms with Crippen molar-refractivity contribution in [2.45, 2.75) is 0 Å². The lowest BCUT2D eigenvalue weighted by Gasteiger charge is -2.26. The van der Waals surface area contributed by atoms with Crippen molar-refractivity contribution in [1.82, 2.24) is 0 Å². The van der Waals surface area contributed by atoms with Crippen LogP contribution in [0.1, 0.15) is 0 Å². The molecule has 1 aromatic heterocycles. The van der Waals surface area contributed by atoms with E-state index in [1.807, 2.05) is 12.1 Å². The average molecular weight is 740 g/mol. The highest BCUT2D eigenvalue weighted by Crippen LogP contribution is 2.39. The number of hydrogen-bond acceptors (Lipinski definition) is 2. The molecule has 272 valence electrons. The van der Waals surface area contributed by atoms with E-state index in [1.54, 1.807) is 0 Å². The third-order valence-corrected chi connectivity index (χ3v) is 11.5. The van der Waals surface area contributed by atoms with Gasteiger partial charge >= 0.3 is 0 Å². The maximum Gasteiger partial charge on any atom is 0.135 e. The van der Waals surface area contributed by atoms with E-state index in [0.717, 1.165) is 50.1 Å². The number of benzene rings is 10. The summed E-state index contributed by atoms with van der Waals surface area (Å²) in [6.45, 7) is 0. The van der Waals surface area contributed by atoms with Crippen LogP contribution in [0.3, 0.4) is 0 Å². The first kappa shape index (κ1) is 33.6. The van der Waals surface area contributed by atoms with Gasteiger partial charge in [0.25, 0.3) is 0 Å². The SMILES string of the molecule is c1ccc(-c2ccc(N(c3ccc(-c4ccc(-c5ccc6c(ccc7ccccc76)c5)cc4)cc3)c3ccc(-c4ccc5oc6ccccc6c5c4)cc3)cc2)cc1. The summed E-state index contributed by atoms with van der Waals surface area (Å²) >= 11 is 0. The third-order valence-electron chi connectivity index (χ3n) is 11.5. The number of fused-ring (bicyclic) bond motifs is 6. The van der Waals surface area contributed by atoms with Gasteiger partial charge in [0, 0.05) is 27.8 Å². The maximum atomic E-state index is 6.11. The van der Waals surface area contributed by atoms with E-state index in [4.69, 9.17) is 4.42 Å². The lowest BCUT2D eigenvalue weighted by atomic mass is 9.96. The minimum absolute atomic E-state index is 0.907. The molecule has 11 rings (SSSR count). The van der Waals surface area contributed by atoms with Crippen molar-refractivity contribution in [1.29, 1.82) is 0 Å². The highest BCUT2D eigenvalue weighted by atomic mass is 16.3. The van der Waals surface area contributed by atoms with Crippen molar-refractivity contribution in [2.75, 3.05) is 4.90 Å². The topological polar surface area (TPSA) is 16.4 Å². The normalized spacial score (nSPS) is 11.4. The molecule has 0 amide bonds. The summed E-state index contributed by atoms with van der Waals surface area (Å²) in [5.41, 5.74) is 14.6. The molecule has 0 N–H and O–H groups in total. The lowest BCUT2D eigenvalue weighted by molar-refractivity contribution is 0.669. The lowest BCUT2D eigenvalue weighted by Crippen LogP contribution is -2.09. The van der Waals surface area contributed by atoms with E-state index < -0.39 is 0 Å². The van der Waals surface area contributed by atoms with Crippen molar-refractivity contribution < 1.29 is 4.42 Å². The quantitative estimate of drug-likeness (QED) is 0.151. The van der Waals surface area contributed by atoms with E-state index in [2.05, 4.69) is 217 Å². The monoisotopic (exact) mass is 739 g/mol. The Morgan fingerprint density at radius 2 is 0.655 bits per heavy atom. The average Bonchev–Trinajstić information content (AvgIpc) is 3.68. The van der Waals surface area contributed by atoms with Crippen LogP contribution in [0.2, 0.25) is 0 Å². The van der Waals surface area contributed by atoms with E-state index >= 15 is 0 Å². The number of para-hydroxylation sites is 1. The van der Waals surface area contributed by atoms with E-state index in [1.165, 1.54) is 54.9 Å². The Morgan fingerprint density at radius 1 is 0.241 bits per heavy atom. The Balaban J connectivity index is 0.907. The number of furan rings is 1. The van der Waals surface area contributed by atoms with Crippen LogP contribution in [0.15, 0.2) is 229 Å². The van der Waals surface area contributed by atoms with Gasteiger partial charge in [0.05, 0.1) is 0 Å². The Labute approximate surface area is 337 Å². The van der Waals surface area contributed by atoms with Crippen molar-refractivity contribution in [2.24, 2.45) is 0 Å². The first-order chi connectivity index (χ1) is 28.7. The van der Waals surface area contributed by atoms with Gasteiger partial charge in [0.2, 0.25) is 0 Å².